The van der Waals surface area contributed by atoms with Gasteiger partial charge in [0.1, 0.15) is 0 Å². The van der Waals surface area contributed by atoms with Crippen LogP contribution in [0.25, 0.3) is 0 Å². The highest BCUT2D eigenvalue weighted by molar-refractivity contribution is 6.74. The molecule has 0 bridgehead atoms. The number of hydrogen-bond donors (Lipinski definition) is 0. The topological polar surface area (TPSA) is 18.5 Å². The molecule has 0 atom stereocenters. The quantitative estimate of drug-likeness (QED) is 0.409. The van der Waals surface area contributed by atoms with Gasteiger partial charge in [-0.1, -0.05) is 63.3 Å². The van der Waals surface area contributed by atoms with Crippen LogP contribution in [0.3, 0.4) is 0 Å². The zero-order valence-corrected chi connectivity index (χ0v) is 14.5. The Balaban J connectivity index is 2.17. The van der Waals surface area contributed by atoms with E-state index >= 15 is 0 Å². The second-order valence-corrected chi connectivity index (χ2v) is 11.4. The molecule has 0 saturated carbocycles. The zero-order valence-electron chi connectivity index (χ0n) is 13.5. The van der Waals surface area contributed by atoms with Crippen molar-refractivity contribution in [1.29, 1.82) is 0 Å². The van der Waals surface area contributed by atoms with E-state index in [-0.39, 0.29) is 5.04 Å². The lowest BCUT2D eigenvalue weighted by molar-refractivity contribution is 0.148. The fourth-order valence-corrected chi connectivity index (χ4v) is 2.37. The van der Waals surface area contributed by atoms with Crippen LogP contribution < -0.4 is 0 Å². The van der Waals surface area contributed by atoms with Gasteiger partial charge in [-0.25, -0.2) is 0 Å². The summed E-state index contributed by atoms with van der Waals surface area (Å²) in [6, 6.07) is 10.2. The summed E-state index contributed by atoms with van der Waals surface area (Å²) < 4.78 is 11.6. The summed E-state index contributed by atoms with van der Waals surface area (Å²) in [5.74, 6) is 0. The van der Waals surface area contributed by atoms with Gasteiger partial charge >= 0.3 is 0 Å². The van der Waals surface area contributed by atoms with Crippen molar-refractivity contribution in [1.82, 2.24) is 0 Å². The Hall–Kier alpha value is -0.903. The first-order valence-corrected chi connectivity index (χ1v) is 10.1. The highest BCUT2D eigenvalue weighted by Crippen LogP contribution is 2.36. The molecule has 0 heterocycles. The molecule has 0 aliphatic heterocycles. The number of benzene rings is 1. The van der Waals surface area contributed by atoms with Crippen LogP contribution in [0.5, 0.6) is 0 Å². The highest BCUT2D eigenvalue weighted by Gasteiger charge is 2.36. The van der Waals surface area contributed by atoms with E-state index in [1.54, 1.807) is 0 Å². The molecule has 0 unspecified atom stereocenters. The second kappa shape index (κ2) is 7.77. The number of hydrogen-bond acceptors (Lipinski definition) is 2. The molecule has 20 heavy (non-hydrogen) atoms. The molecule has 0 spiro atoms. The maximum atomic E-state index is 6.06. The van der Waals surface area contributed by atoms with Crippen LogP contribution >= 0.6 is 0 Å². The molecule has 2 nitrogen and oxygen atoms in total. The monoisotopic (exact) mass is 292 g/mol. The molecule has 0 N–H and O–H groups in total. The normalized spacial score (nSPS) is 13.1. The second-order valence-electron chi connectivity index (χ2n) is 6.54. The molecular weight excluding hydrogens is 264 g/mol. The van der Waals surface area contributed by atoms with Crippen molar-refractivity contribution in [3.63, 3.8) is 0 Å². The average molecular weight is 292 g/mol. The van der Waals surface area contributed by atoms with Crippen molar-refractivity contribution < 1.29 is 9.16 Å². The van der Waals surface area contributed by atoms with E-state index in [0.717, 1.165) is 0 Å². The van der Waals surface area contributed by atoms with E-state index in [1.807, 2.05) is 24.3 Å². The molecule has 1 aromatic carbocycles. The van der Waals surface area contributed by atoms with Gasteiger partial charge in [-0.05, 0) is 23.7 Å². The SMILES string of the molecule is CC(C)(C)[Si](C)(C)OC/C=C/COCc1ccccc1. The van der Waals surface area contributed by atoms with Crippen molar-refractivity contribution >= 4 is 8.32 Å². The summed E-state index contributed by atoms with van der Waals surface area (Å²) in [6.45, 7) is 13.3. The summed E-state index contributed by atoms with van der Waals surface area (Å²) in [4.78, 5) is 0. The Bertz CT molecular complexity index is 405. The molecule has 0 saturated heterocycles. The van der Waals surface area contributed by atoms with E-state index in [4.69, 9.17) is 9.16 Å². The Labute approximate surface area is 124 Å². The van der Waals surface area contributed by atoms with Crippen LogP contribution in [0.1, 0.15) is 26.3 Å². The zero-order chi connectivity index (χ0) is 15.1. The van der Waals surface area contributed by atoms with Crippen molar-refractivity contribution in [2.75, 3.05) is 13.2 Å². The van der Waals surface area contributed by atoms with Crippen molar-refractivity contribution in [3.05, 3.63) is 48.0 Å². The van der Waals surface area contributed by atoms with E-state index < -0.39 is 8.32 Å². The van der Waals surface area contributed by atoms with Gasteiger partial charge in [0.2, 0.25) is 0 Å². The largest absolute Gasteiger partial charge is 0.413 e. The van der Waals surface area contributed by atoms with E-state index in [0.29, 0.717) is 19.8 Å². The van der Waals surface area contributed by atoms with Gasteiger partial charge in [0.05, 0.1) is 19.8 Å². The Morgan fingerprint density at radius 3 is 2.20 bits per heavy atom. The molecule has 1 aromatic rings. The van der Waals surface area contributed by atoms with Crippen LogP contribution in [0.15, 0.2) is 42.5 Å². The fourth-order valence-electron chi connectivity index (χ4n) is 1.43. The smallest absolute Gasteiger partial charge is 0.192 e. The standard InChI is InChI=1S/C17H28O2Si/c1-17(2,3)20(4,5)19-14-10-9-13-18-15-16-11-7-6-8-12-16/h6-12H,13-15H2,1-5H3/b10-9+. The molecule has 0 amide bonds. The first-order chi connectivity index (χ1) is 9.33. The van der Waals surface area contributed by atoms with E-state index in [2.05, 4.69) is 52.1 Å². The van der Waals surface area contributed by atoms with Crippen LogP contribution in [-0.2, 0) is 15.8 Å². The van der Waals surface area contributed by atoms with Crippen molar-refractivity contribution in [2.24, 2.45) is 0 Å². The molecule has 0 aromatic heterocycles. The minimum Gasteiger partial charge on any atom is -0.413 e. The molecule has 0 aliphatic carbocycles. The van der Waals surface area contributed by atoms with Crippen LogP contribution in [-0.4, -0.2) is 21.5 Å². The minimum atomic E-state index is -1.62. The molecule has 0 fully saturated rings. The van der Waals surface area contributed by atoms with Gasteiger partial charge in [-0.2, -0.15) is 0 Å². The molecule has 0 radical (unpaired) electrons. The maximum Gasteiger partial charge on any atom is 0.192 e. The highest BCUT2D eigenvalue weighted by atomic mass is 28.4. The Morgan fingerprint density at radius 2 is 1.60 bits per heavy atom. The third-order valence-corrected chi connectivity index (χ3v) is 8.34. The minimum absolute atomic E-state index is 0.269. The van der Waals surface area contributed by atoms with Gasteiger partial charge in [0, 0.05) is 0 Å². The third-order valence-electron chi connectivity index (χ3n) is 3.84. The first-order valence-electron chi connectivity index (χ1n) is 7.23. The van der Waals surface area contributed by atoms with Crippen LogP contribution in [0.2, 0.25) is 18.1 Å². The lowest BCUT2D eigenvalue weighted by Crippen LogP contribution is -2.40. The lowest BCUT2D eigenvalue weighted by Gasteiger charge is -2.35. The van der Waals surface area contributed by atoms with Gasteiger partial charge in [-0.15, -0.1) is 0 Å². The number of ether oxygens (including phenoxy) is 1. The van der Waals surface area contributed by atoms with Gasteiger partial charge in [-0.3, -0.25) is 0 Å². The summed E-state index contributed by atoms with van der Waals surface area (Å²) in [6.07, 6.45) is 4.10. The number of rotatable bonds is 7. The van der Waals surface area contributed by atoms with Gasteiger partial charge < -0.3 is 9.16 Å². The predicted molar refractivity (Wildman–Crippen MR) is 88.4 cm³/mol. The van der Waals surface area contributed by atoms with Crippen molar-refractivity contribution in [2.45, 2.75) is 45.5 Å². The lowest BCUT2D eigenvalue weighted by atomic mass is 10.2. The molecular formula is C17H28O2Si. The molecule has 0 aliphatic rings. The van der Waals surface area contributed by atoms with Gasteiger partial charge in [0.15, 0.2) is 8.32 Å². The first kappa shape index (κ1) is 17.1. The van der Waals surface area contributed by atoms with E-state index in [9.17, 15) is 0 Å². The van der Waals surface area contributed by atoms with Crippen LogP contribution in [0, 0.1) is 0 Å². The maximum absolute atomic E-state index is 6.06. The third kappa shape index (κ3) is 6.03. The van der Waals surface area contributed by atoms with Crippen molar-refractivity contribution in [3.8, 4) is 0 Å². The van der Waals surface area contributed by atoms with E-state index in [1.165, 1.54) is 5.56 Å². The Kier molecular flexibility index (Phi) is 6.66. The van der Waals surface area contributed by atoms with Gasteiger partial charge in [0.25, 0.3) is 0 Å². The summed E-state index contributed by atoms with van der Waals surface area (Å²) >= 11 is 0. The molecule has 3 heteroatoms. The summed E-state index contributed by atoms with van der Waals surface area (Å²) in [5.41, 5.74) is 1.21. The average Bonchev–Trinajstić information content (AvgIpc) is 2.37. The predicted octanol–water partition coefficient (Wildman–Crippen LogP) is 4.78. The fraction of sp³-hybridized carbons (Fsp3) is 0.529. The van der Waals surface area contributed by atoms with Crippen LogP contribution in [0.4, 0.5) is 0 Å². The molecule has 1 rings (SSSR count). The molecule has 112 valence electrons. The summed E-state index contributed by atoms with van der Waals surface area (Å²) in [5, 5.41) is 0.269. The summed E-state index contributed by atoms with van der Waals surface area (Å²) in [7, 11) is -1.62. The Morgan fingerprint density at radius 1 is 1.00 bits per heavy atom.